The van der Waals surface area contributed by atoms with Gasteiger partial charge in [-0.25, -0.2) is 0 Å². The number of nitrogens with one attached hydrogen (secondary N) is 1. The minimum Gasteiger partial charge on any atom is -0.377 e. The Morgan fingerprint density at radius 2 is 1.75 bits per heavy atom. The Morgan fingerprint density at radius 3 is 2.19 bits per heavy atom. The first-order valence-electron chi connectivity index (χ1n) is 7.00. The lowest BCUT2D eigenvalue weighted by Gasteiger charge is -2.27. The van der Waals surface area contributed by atoms with E-state index in [1.165, 1.54) is 19.3 Å². The molecule has 1 N–H and O–H groups in total. The Hall–Kier alpha value is -0.0800. The lowest BCUT2D eigenvalue weighted by Crippen LogP contribution is -2.41. The van der Waals surface area contributed by atoms with E-state index in [0.29, 0.717) is 12.1 Å². The normalized spacial score (nSPS) is 15.4. The van der Waals surface area contributed by atoms with Crippen LogP contribution in [0.25, 0.3) is 0 Å². The van der Waals surface area contributed by atoms with E-state index in [2.05, 4.69) is 39.9 Å². The van der Waals surface area contributed by atoms with Gasteiger partial charge in [-0.2, -0.15) is 0 Å². The number of ether oxygens (including phenoxy) is 1. The van der Waals surface area contributed by atoms with Crippen LogP contribution in [0.2, 0.25) is 0 Å². The molecule has 0 spiro atoms. The quantitative estimate of drug-likeness (QED) is 0.618. The Kier molecular flexibility index (Phi) is 10.0. The lowest BCUT2D eigenvalue weighted by atomic mass is 10.0. The van der Waals surface area contributed by atoms with Crippen LogP contribution >= 0.6 is 0 Å². The summed E-state index contributed by atoms with van der Waals surface area (Å²) in [5.41, 5.74) is 0. The number of likely N-dealkylation sites (N-methyl/N-ethyl adjacent to an activating group) is 1. The average molecular weight is 229 g/mol. The van der Waals surface area contributed by atoms with Crippen molar-refractivity contribution in [2.24, 2.45) is 5.92 Å². The monoisotopic (exact) mass is 229 g/mol. The fraction of sp³-hybridized carbons (Fsp3) is 1.00. The van der Waals surface area contributed by atoms with E-state index >= 15 is 0 Å². The molecule has 0 heterocycles. The highest BCUT2D eigenvalue weighted by Crippen LogP contribution is 2.12. The summed E-state index contributed by atoms with van der Waals surface area (Å²) in [5, 5.41) is 3.55. The molecule has 0 saturated heterocycles. The molecule has 0 fully saturated rings. The fourth-order valence-electron chi connectivity index (χ4n) is 1.97. The molecule has 0 radical (unpaired) electrons. The van der Waals surface area contributed by atoms with Gasteiger partial charge in [0, 0.05) is 12.6 Å². The molecule has 16 heavy (non-hydrogen) atoms. The smallest absolute Gasteiger partial charge is 0.0725 e. The molecule has 0 rings (SSSR count). The van der Waals surface area contributed by atoms with Crippen LogP contribution in [0.15, 0.2) is 0 Å². The molecule has 0 aromatic rings. The summed E-state index contributed by atoms with van der Waals surface area (Å²) in [6, 6.07) is 0.534. The van der Waals surface area contributed by atoms with Gasteiger partial charge in [-0.05, 0) is 31.7 Å². The third-order valence-corrected chi connectivity index (χ3v) is 2.94. The predicted molar refractivity (Wildman–Crippen MR) is 71.9 cm³/mol. The molecule has 0 aromatic heterocycles. The van der Waals surface area contributed by atoms with E-state index in [9.17, 15) is 0 Å². The third-order valence-electron chi connectivity index (χ3n) is 2.94. The molecule has 2 nitrogen and oxygen atoms in total. The highest BCUT2D eigenvalue weighted by molar-refractivity contribution is 4.75. The van der Waals surface area contributed by atoms with Gasteiger partial charge in [-0.1, -0.05) is 41.0 Å². The predicted octanol–water partition coefficient (Wildman–Crippen LogP) is 3.61. The van der Waals surface area contributed by atoms with E-state index in [1.54, 1.807) is 0 Å². The van der Waals surface area contributed by atoms with Crippen LogP contribution in [-0.2, 0) is 4.74 Å². The zero-order valence-electron chi connectivity index (χ0n) is 11.9. The van der Waals surface area contributed by atoms with Crippen LogP contribution in [0.5, 0.6) is 0 Å². The number of rotatable bonds is 10. The SMILES string of the molecule is CCCC(NCC)C(CC)OCCC(C)C. The van der Waals surface area contributed by atoms with Crippen LogP contribution in [-0.4, -0.2) is 25.3 Å². The Balaban J connectivity index is 3.98. The maximum Gasteiger partial charge on any atom is 0.0725 e. The van der Waals surface area contributed by atoms with E-state index in [1.807, 2.05) is 0 Å². The van der Waals surface area contributed by atoms with E-state index < -0.39 is 0 Å². The fourth-order valence-corrected chi connectivity index (χ4v) is 1.97. The molecule has 2 unspecified atom stereocenters. The second kappa shape index (κ2) is 10.1. The van der Waals surface area contributed by atoms with Crippen LogP contribution in [0.3, 0.4) is 0 Å². The molecule has 0 bridgehead atoms. The van der Waals surface area contributed by atoms with E-state index in [0.717, 1.165) is 25.5 Å². The molecular weight excluding hydrogens is 198 g/mol. The summed E-state index contributed by atoms with van der Waals surface area (Å²) in [7, 11) is 0. The van der Waals surface area contributed by atoms with Crippen LogP contribution < -0.4 is 5.32 Å². The van der Waals surface area contributed by atoms with Crippen molar-refractivity contribution < 1.29 is 4.74 Å². The molecule has 0 amide bonds. The molecule has 2 heteroatoms. The Labute approximate surface area is 102 Å². The second-order valence-electron chi connectivity index (χ2n) is 4.95. The largest absolute Gasteiger partial charge is 0.377 e. The first kappa shape index (κ1) is 15.9. The van der Waals surface area contributed by atoms with Gasteiger partial charge in [0.2, 0.25) is 0 Å². The van der Waals surface area contributed by atoms with Crippen molar-refractivity contribution in [3.05, 3.63) is 0 Å². The van der Waals surface area contributed by atoms with Gasteiger partial charge < -0.3 is 10.1 Å². The van der Waals surface area contributed by atoms with Gasteiger partial charge in [0.05, 0.1) is 6.10 Å². The summed E-state index contributed by atoms with van der Waals surface area (Å²) in [6.07, 6.45) is 5.10. The lowest BCUT2D eigenvalue weighted by molar-refractivity contribution is 0.0166. The molecule has 0 aliphatic carbocycles. The van der Waals surface area contributed by atoms with Crippen molar-refractivity contribution in [2.45, 2.75) is 72.4 Å². The van der Waals surface area contributed by atoms with Crippen molar-refractivity contribution in [2.75, 3.05) is 13.2 Å². The molecule has 0 saturated carbocycles. The summed E-state index contributed by atoms with van der Waals surface area (Å²) in [5.74, 6) is 0.737. The van der Waals surface area contributed by atoms with E-state index in [4.69, 9.17) is 4.74 Å². The third kappa shape index (κ3) is 7.24. The summed E-state index contributed by atoms with van der Waals surface area (Å²) >= 11 is 0. The topological polar surface area (TPSA) is 21.3 Å². The summed E-state index contributed by atoms with van der Waals surface area (Å²) < 4.78 is 6.01. The van der Waals surface area contributed by atoms with Crippen molar-refractivity contribution in [3.63, 3.8) is 0 Å². The number of hydrogen-bond acceptors (Lipinski definition) is 2. The van der Waals surface area contributed by atoms with Gasteiger partial charge in [0.25, 0.3) is 0 Å². The van der Waals surface area contributed by atoms with Gasteiger partial charge in [-0.3, -0.25) is 0 Å². The van der Waals surface area contributed by atoms with Gasteiger partial charge >= 0.3 is 0 Å². The zero-order valence-corrected chi connectivity index (χ0v) is 11.9. The van der Waals surface area contributed by atoms with Crippen molar-refractivity contribution in [1.29, 1.82) is 0 Å². The van der Waals surface area contributed by atoms with Crippen molar-refractivity contribution >= 4 is 0 Å². The van der Waals surface area contributed by atoms with Crippen molar-refractivity contribution in [1.82, 2.24) is 5.32 Å². The van der Waals surface area contributed by atoms with Crippen LogP contribution in [0.1, 0.15) is 60.3 Å². The van der Waals surface area contributed by atoms with E-state index in [-0.39, 0.29) is 0 Å². The van der Waals surface area contributed by atoms with Gasteiger partial charge in [0.1, 0.15) is 0 Å². The summed E-state index contributed by atoms with van der Waals surface area (Å²) in [4.78, 5) is 0. The Bertz CT molecular complexity index is 142. The highest BCUT2D eigenvalue weighted by Gasteiger charge is 2.18. The first-order chi connectivity index (χ1) is 7.65. The molecular formula is C14H31NO. The first-order valence-corrected chi connectivity index (χ1v) is 7.00. The number of hydrogen-bond donors (Lipinski definition) is 1. The molecule has 2 atom stereocenters. The molecule has 0 aliphatic heterocycles. The molecule has 0 aromatic carbocycles. The van der Waals surface area contributed by atoms with Crippen molar-refractivity contribution in [3.8, 4) is 0 Å². The minimum absolute atomic E-state index is 0.388. The maximum atomic E-state index is 6.01. The summed E-state index contributed by atoms with van der Waals surface area (Å²) in [6.45, 7) is 13.1. The van der Waals surface area contributed by atoms with Gasteiger partial charge in [0.15, 0.2) is 0 Å². The zero-order chi connectivity index (χ0) is 12.4. The standard InChI is InChI=1S/C14H31NO/c1-6-9-13(15-8-3)14(7-2)16-11-10-12(4)5/h12-15H,6-11H2,1-5H3. The second-order valence-corrected chi connectivity index (χ2v) is 4.95. The van der Waals surface area contributed by atoms with Gasteiger partial charge in [-0.15, -0.1) is 0 Å². The average Bonchev–Trinajstić information content (AvgIpc) is 2.24. The van der Waals surface area contributed by atoms with Crippen LogP contribution in [0.4, 0.5) is 0 Å². The van der Waals surface area contributed by atoms with Crippen LogP contribution in [0, 0.1) is 5.92 Å². The maximum absolute atomic E-state index is 6.01. The Morgan fingerprint density at radius 1 is 1.06 bits per heavy atom. The highest BCUT2D eigenvalue weighted by atomic mass is 16.5. The molecule has 98 valence electrons. The minimum atomic E-state index is 0.388. The molecule has 0 aliphatic rings.